The fourth-order valence-electron chi connectivity index (χ4n) is 4.28. The van der Waals surface area contributed by atoms with Crippen molar-refractivity contribution in [3.05, 3.63) is 82.4 Å². The molecule has 1 aliphatic heterocycles. The van der Waals surface area contributed by atoms with E-state index in [2.05, 4.69) is 58.6 Å². The van der Waals surface area contributed by atoms with E-state index in [1.807, 2.05) is 31.0 Å². The quantitative estimate of drug-likeness (QED) is 0.596. The van der Waals surface area contributed by atoms with Gasteiger partial charge in [-0.1, -0.05) is 35.9 Å². The van der Waals surface area contributed by atoms with Crippen LogP contribution in [-0.2, 0) is 11.2 Å². The molecule has 32 heavy (non-hydrogen) atoms. The summed E-state index contributed by atoms with van der Waals surface area (Å²) in [6.07, 6.45) is 5.21. The molecule has 6 nitrogen and oxygen atoms in total. The molecule has 0 unspecified atom stereocenters. The number of aryl methyl sites for hydroxylation is 3. The van der Waals surface area contributed by atoms with Crippen LogP contribution in [0.25, 0.3) is 0 Å². The maximum atomic E-state index is 12.9. The van der Waals surface area contributed by atoms with Crippen LogP contribution in [-0.4, -0.2) is 38.8 Å². The van der Waals surface area contributed by atoms with Crippen LogP contribution >= 0.6 is 0 Å². The maximum Gasteiger partial charge on any atom is 0.224 e. The van der Waals surface area contributed by atoms with Gasteiger partial charge in [0.05, 0.1) is 11.7 Å². The number of carbonyl (C=O) groups excluding carboxylic acids is 1. The molecular formula is C26H31N5O. The van der Waals surface area contributed by atoms with Crippen molar-refractivity contribution in [1.82, 2.24) is 19.9 Å². The van der Waals surface area contributed by atoms with E-state index >= 15 is 0 Å². The number of hydrogen-bond acceptors (Lipinski definition) is 5. The van der Waals surface area contributed by atoms with Gasteiger partial charge >= 0.3 is 0 Å². The van der Waals surface area contributed by atoms with Gasteiger partial charge in [-0.15, -0.1) is 0 Å². The summed E-state index contributed by atoms with van der Waals surface area (Å²) < 4.78 is 0. The van der Waals surface area contributed by atoms with Gasteiger partial charge in [-0.25, -0.2) is 9.97 Å². The van der Waals surface area contributed by atoms with Gasteiger partial charge in [0.1, 0.15) is 0 Å². The topological polar surface area (TPSA) is 71.0 Å². The number of aromatic nitrogens is 3. The number of pyridine rings is 1. The van der Waals surface area contributed by atoms with Crippen molar-refractivity contribution in [1.29, 1.82) is 0 Å². The standard InChI is InChI=1S/C26H31N5O/c1-18-6-8-21(9-7-18)16-22-10-11-23(28-17-22)24-5-4-14-31(24)25(32)12-13-27-26-29-19(2)15-20(3)30-26/h6-11,15,17,24H,4-5,12-14,16H2,1-3H3,(H,27,29,30)/t24-/m1/s1. The van der Waals surface area contributed by atoms with Gasteiger partial charge < -0.3 is 10.2 Å². The minimum absolute atomic E-state index is 0.0633. The van der Waals surface area contributed by atoms with Gasteiger partial charge in [0.2, 0.25) is 11.9 Å². The molecule has 0 bridgehead atoms. The number of anilines is 1. The first-order valence-corrected chi connectivity index (χ1v) is 11.3. The average molecular weight is 430 g/mol. The fourth-order valence-corrected chi connectivity index (χ4v) is 4.28. The van der Waals surface area contributed by atoms with Crippen molar-refractivity contribution in [2.24, 2.45) is 0 Å². The summed E-state index contributed by atoms with van der Waals surface area (Å²) in [4.78, 5) is 28.4. The second-order valence-electron chi connectivity index (χ2n) is 8.65. The van der Waals surface area contributed by atoms with Crippen LogP contribution in [0.3, 0.4) is 0 Å². The molecule has 166 valence electrons. The smallest absolute Gasteiger partial charge is 0.224 e. The molecule has 3 aromatic rings. The molecular weight excluding hydrogens is 398 g/mol. The van der Waals surface area contributed by atoms with Crippen LogP contribution in [0.15, 0.2) is 48.7 Å². The van der Waals surface area contributed by atoms with Crippen LogP contribution in [0.1, 0.15) is 59.1 Å². The zero-order valence-electron chi connectivity index (χ0n) is 19.1. The van der Waals surface area contributed by atoms with E-state index < -0.39 is 0 Å². The highest BCUT2D eigenvalue weighted by molar-refractivity contribution is 5.77. The second kappa shape index (κ2) is 9.90. The highest BCUT2D eigenvalue weighted by Gasteiger charge is 2.30. The fraction of sp³-hybridized carbons (Fsp3) is 0.385. The summed E-state index contributed by atoms with van der Waals surface area (Å²) in [5.41, 5.74) is 6.55. The SMILES string of the molecule is Cc1ccc(Cc2ccc([C@H]3CCCN3C(=O)CCNc3nc(C)cc(C)n3)nc2)cc1. The number of hydrogen-bond donors (Lipinski definition) is 1. The third kappa shape index (κ3) is 5.49. The Balaban J connectivity index is 1.34. The molecule has 0 saturated carbocycles. The van der Waals surface area contributed by atoms with Gasteiger partial charge in [0.15, 0.2) is 0 Å². The van der Waals surface area contributed by atoms with Crippen LogP contribution in [0.5, 0.6) is 0 Å². The first kappa shape index (κ1) is 21.9. The summed E-state index contributed by atoms with van der Waals surface area (Å²) in [5.74, 6) is 0.731. The molecule has 0 spiro atoms. The van der Waals surface area contributed by atoms with E-state index in [0.29, 0.717) is 18.9 Å². The lowest BCUT2D eigenvalue weighted by Crippen LogP contribution is -2.32. The molecule has 1 N–H and O–H groups in total. The summed E-state index contributed by atoms with van der Waals surface area (Å²) >= 11 is 0. The van der Waals surface area contributed by atoms with Crippen molar-refractivity contribution in [2.75, 3.05) is 18.4 Å². The molecule has 1 saturated heterocycles. The van der Waals surface area contributed by atoms with Gasteiger partial charge in [-0.05, 0) is 63.3 Å². The first-order valence-electron chi connectivity index (χ1n) is 11.3. The van der Waals surface area contributed by atoms with Gasteiger partial charge in [0, 0.05) is 37.1 Å². The summed E-state index contributed by atoms with van der Waals surface area (Å²) in [6.45, 7) is 7.30. The summed E-state index contributed by atoms with van der Waals surface area (Å²) in [5, 5.41) is 3.18. The van der Waals surface area contributed by atoms with Crippen LogP contribution in [0, 0.1) is 20.8 Å². The molecule has 1 aliphatic rings. The molecule has 2 aromatic heterocycles. The largest absolute Gasteiger partial charge is 0.354 e. The van der Waals surface area contributed by atoms with Gasteiger partial charge in [0.25, 0.3) is 0 Å². The number of amides is 1. The number of carbonyl (C=O) groups is 1. The highest BCUT2D eigenvalue weighted by atomic mass is 16.2. The third-order valence-corrected chi connectivity index (χ3v) is 5.90. The van der Waals surface area contributed by atoms with Crippen molar-refractivity contribution in [2.45, 2.75) is 52.5 Å². The molecule has 0 radical (unpaired) electrons. The third-order valence-electron chi connectivity index (χ3n) is 5.90. The minimum atomic E-state index is 0.0633. The predicted octanol–water partition coefficient (Wildman–Crippen LogP) is 4.55. The molecule has 0 aliphatic carbocycles. The minimum Gasteiger partial charge on any atom is -0.354 e. The van der Waals surface area contributed by atoms with Crippen LogP contribution in [0.4, 0.5) is 5.95 Å². The Hall–Kier alpha value is -3.28. The maximum absolute atomic E-state index is 12.9. The van der Waals surface area contributed by atoms with E-state index in [4.69, 9.17) is 4.98 Å². The van der Waals surface area contributed by atoms with E-state index in [1.165, 1.54) is 16.7 Å². The Labute approximate surface area is 190 Å². The number of nitrogens with one attached hydrogen (secondary N) is 1. The molecule has 1 fully saturated rings. The van der Waals surface area contributed by atoms with E-state index in [9.17, 15) is 4.79 Å². The molecule has 6 heteroatoms. The predicted molar refractivity (Wildman–Crippen MR) is 127 cm³/mol. The first-order chi connectivity index (χ1) is 15.5. The molecule has 4 rings (SSSR count). The average Bonchev–Trinajstić information content (AvgIpc) is 3.25. The van der Waals surface area contributed by atoms with Crippen LogP contribution < -0.4 is 5.32 Å². The lowest BCUT2D eigenvalue weighted by molar-refractivity contribution is -0.131. The molecule has 1 amide bonds. The van der Waals surface area contributed by atoms with Crippen molar-refractivity contribution in [3.8, 4) is 0 Å². The Bertz CT molecular complexity index is 1040. The number of benzene rings is 1. The van der Waals surface area contributed by atoms with E-state index in [-0.39, 0.29) is 11.9 Å². The van der Waals surface area contributed by atoms with E-state index in [1.54, 1.807) is 0 Å². The lowest BCUT2D eigenvalue weighted by Gasteiger charge is -2.24. The zero-order chi connectivity index (χ0) is 22.5. The van der Waals surface area contributed by atoms with Crippen LogP contribution in [0.2, 0.25) is 0 Å². The Morgan fingerprint density at radius 3 is 2.44 bits per heavy atom. The number of likely N-dealkylation sites (tertiary alicyclic amines) is 1. The summed E-state index contributed by atoms with van der Waals surface area (Å²) in [6, 6.07) is 14.8. The van der Waals surface area contributed by atoms with Gasteiger partial charge in [-0.2, -0.15) is 0 Å². The monoisotopic (exact) mass is 429 g/mol. The zero-order valence-corrected chi connectivity index (χ0v) is 19.1. The number of nitrogens with zero attached hydrogens (tertiary/aromatic N) is 4. The van der Waals surface area contributed by atoms with E-state index in [0.717, 1.165) is 42.9 Å². The Kier molecular flexibility index (Phi) is 6.78. The lowest BCUT2D eigenvalue weighted by atomic mass is 10.0. The van der Waals surface area contributed by atoms with Crippen molar-refractivity contribution < 1.29 is 4.79 Å². The van der Waals surface area contributed by atoms with Crippen molar-refractivity contribution >= 4 is 11.9 Å². The normalized spacial score (nSPS) is 15.7. The Morgan fingerprint density at radius 1 is 1.03 bits per heavy atom. The Morgan fingerprint density at radius 2 is 1.75 bits per heavy atom. The second-order valence-corrected chi connectivity index (χ2v) is 8.65. The van der Waals surface area contributed by atoms with Crippen molar-refractivity contribution in [3.63, 3.8) is 0 Å². The number of rotatable bonds is 7. The molecule has 3 heterocycles. The molecule has 1 aromatic carbocycles. The molecule has 1 atom stereocenters. The highest BCUT2D eigenvalue weighted by Crippen LogP contribution is 2.31. The summed E-state index contributed by atoms with van der Waals surface area (Å²) in [7, 11) is 0. The van der Waals surface area contributed by atoms with Gasteiger partial charge in [-0.3, -0.25) is 9.78 Å².